The van der Waals surface area contributed by atoms with E-state index in [1.807, 2.05) is 6.07 Å². The maximum Gasteiger partial charge on any atom is 0.352 e. The van der Waals surface area contributed by atoms with E-state index in [2.05, 4.69) is 0 Å². The molecule has 2 aromatic carbocycles. The molecule has 4 heteroatoms. The molecule has 1 unspecified atom stereocenters. The molecule has 0 bridgehead atoms. The van der Waals surface area contributed by atoms with Gasteiger partial charge in [-0.2, -0.15) is 0 Å². The number of carbonyl (C=O) groups excluding carboxylic acids is 1. The highest BCUT2D eigenvalue weighted by molar-refractivity contribution is 5.77. The van der Waals surface area contributed by atoms with Gasteiger partial charge >= 0.3 is 5.97 Å². The van der Waals surface area contributed by atoms with Crippen molar-refractivity contribution in [2.75, 3.05) is 0 Å². The van der Waals surface area contributed by atoms with Crippen molar-refractivity contribution >= 4 is 5.97 Å². The van der Waals surface area contributed by atoms with E-state index in [1.54, 1.807) is 43.3 Å². The topological polar surface area (TPSA) is 55.8 Å². The van der Waals surface area contributed by atoms with Crippen LogP contribution in [0.5, 0.6) is 17.2 Å². The normalized spacial score (nSPS) is 11.6. The Morgan fingerprint density at radius 1 is 1.00 bits per heavy atom. The third-order valence-electron chi connectivity index (χ3n) is 2.44. The monoisotopic (exact) mass is 258 g/mol. The van der Waals surface area contributed by atoms with Crippen LogP contribution >= 0.6 is 0 Å². The zero-order valence-corrected chi connectivity index (χ0v) is 10.4. The molecule has 1 atom stereocenters. The molecular weight excluding hydrogens is 244 g/mol. The van der Waals surface area contributed by atoms with Crippen LogP contribution in [0, 0.1) is 0 Å². The molecule has 0 aliphatic carbocycles. The summed E-state index contributed by atoms with van der Waals surface area (Å²) in [5, 5.41) is 9.15. The predicted octanol–water partition coefficient (Wildman–Crippen LogP) is 2.77. The third-order valence-corrected chi connectivity index (χ3v) is 2.44. The molecule has 1 N–H and O–H groups in total. The molecule has 0 radical (unpaired) electrons. The van der Waals surface area contributed by atoms with Gasteiger partial charge in [-0.05, 0) is 43.3 Å². The molecule has 0 fully saturated rings. The van der Waals surface area contributed by atoms with Crippen LogP contribution < -0.4 is 9.47 Å². The first-order valence-corrected chi connectivity index (χ1v) is 5.87. The molecule has 4 nitrogen and oxygen atoms in total. The van der Waals surface area contributed by atoms with Gasteiger partial charge in [-0.25, -0.2) is 4.79 Å². The lowest BCUT2D eigenvalue weighted by atomic mass is 10.3. The largest absolute Gasteiger partial charge is 0.508 e. The van der Waals surface area contributed by atoms with Gasteiger partial charge in [0.1, 0.15) is 17.2 Å². The Bertz CT molecular complexity index is 534. The van der Waals surface area contributed by atoms with E-state index in [9.17, 15) is 4.79 Å². The summed E-state index contributed by atoms with van der Waals surface area (Å²) in [6.45, 7) is 1.61. The molecule has 0 heterocycles. The van der Waals surface area contributed by atoms with Crippen molar-refractivity contribution in [2.45, 2.75) is 13.0 Å². The molecule has 0 spiro atoms. The summed E-state index contributed by atoms with van der Waals surface area (Å²) in [6, 6.07) is 15.0. The lowest BCUT2D eigenvalue weighted by Crippen LogP contribution is -2.28. The quantitative estimate of drug-likeness (QED) is 0.676. The zero-order chi connectivity index (χ0) is 13.7. The van der Waals surface area contributed by atoms with Gasteiger partial charge in [0.25, 0.3) is 0 Å². The molecule has 2 rings (SSSR count). The number of phenolic OH excluding ortho intramolecular Hbond substituents is 1. The molecule has 0 aliphatic heterocycles. The summed E-state index contributed by atoms with van der Waals surface area (Å²) in [7, 11) is 0. The highest BCUT2D eigenvalue weighted by atomic mass is 16.6. The highest BCUT2D eigenvalue weighted by Gasteiger charge is 2.17. The summed E-state index contributed by atoms with van der Waals surface area (Å²) in [4.78, 5) is 11.8. The van der Waals surface area contributed by atoms with Gasteiger partial charge in [0.15, 0.2) is 6.10 Å². The summed E-state index contributed by atoms with van der Waals surface area (Å²) in [5.74, 6) is 0.648. The van der Waals surface area contributed by atoms with Gasteiger partial charge in [0.05, 0.1) is 0 Å². The van der Waals surface area contributed by atoms with Crippen molar-refractivity contribution in [3.8, 4) is 17.2 Å². The SMILES string of the molecule is CC(Oc1ccc(O)cc1)C(=O)Oc1ccccc1. The zero-order valence-electron chi connectivity index (χ0n) is 10.4. The molecule has 19 heavy (non-hydrogen) atoms. The van der Waals surface area contributed by atoms with E-state index < -0.39 is 12.1 Å². The summed E-state index contributed by atoms with van der Waals surface area (Å²) in [5.41, 5.74) is 0. The molecule has 0 amide bonds. The Hall–Kier alpha value is -2.49. The lowest BCUT2D eigenvalue weighted by Gasteiger charge is -2.13. The van der Waals surface area contributed by atoms with Crippen molar-refractivity contribution < 1.29 is 19.4 Å². The van der Waals surface area contributed by atoms with E-state index in [0.717, 1.165) is 0 Å². The van der Waals surface area contributed by atoms with Crippen LogP contribution in [0.25, 0.3) is 0 Å². The van der Waals surface area contributed by atoms with E-state index in [-0.39, 0.29) is 5.75 Å². The van der Waals surface area contributed by atoms with Crippen LogP contribution in [-0.4, -0.2) is 17.2 Å². The highest BCUT2D eigenvalue weighted by Crippen LogP contribution is 2.18. The van der Waals surface area contributed by atoms with Gasteiger partial charge < -0.3 is 14.6 Å². The van der Waals surface area contributed by atoms with Gasteiger partial charge in [-0.3, -0.25) is 0 Å². The minimum atomic E-state index is -0.732. The second-order valence-electron chi connectivity index (χ2n) is 3.99. The molecular formula is C15H14O4. The van der Waals surface area contributed by atoms with Crippen LogP contribution in [-0.2, 0) is 4.79 Å². The Balaban J connectivity index is 1.94. The molecule has 0 saturated heterocycles. The van der Waals surface area contributed by atoms with Crippen LogP contribution in [0.2, 0.25) is 0 Å². The van der Waals surface area contributed by atoms with Crippen LogP contribution in [0.15, 0.2) is 54.6 Å². The molecule has 0 aromatic heterocycles. The van der Waals surface area contributed by atoms with E-state index in [1.165, 1.54) is 12.1 Å². The van der Waals surface area contributed by atoms with Crippen LogP contribution in [0.4, 0.5) is 0 Å². The smallest absolute Gasteiger partial charge is 0.352 e. The molecule has 2 aromatic rings. The number of rotatable bonds is 4. The second kappa shape index (κ2) is 5.91. The number of para-hydroxylation sites is 1. The van der Waals surface area contributed by atoms with Crippen LogP contribution in [0.1, 0.15) is 6.92 Å². The average molecular weight is 258 g/mol. The van der Waals surface area contributed by atoms with E-state index >= 15 is 0 Å². The fourth-order valence-corrected chi connectivity index (χ4v) is 1.46. The minimum Gasteiger partial charge on any atom is -0.508 e. The van der Waals surface area contributed by atoms with E-state index in [4.69, 9.17) is 14.6 Å². The number of hydrogen-bond acceptors (Lipinski definition) is 4. The number of esters is 1. The third kappa shape index (κ3) is 3.74. The Kier molecular flexibility index (Phi) is 4.03. The molecule has 0 saturated carbocycles. The number of aromatic hydroxyl groups is 1. The van der Waals surface area contributed by atoms with Crippen molar-refractivity contribution in [2.24, 2.45) is 0 Å². The minimum absolute atomic E-state index is 0.145. The summed E-state index contributed by atoms with van der Waals surface area (Å²) >= 11 is 0. The Morgan fingerprint density at radius 3 is 2.26 bits per heavy atom. The first-order valence-electron chi connectivity index (χ1n) is 5.87. The molecule has 98 valence electrons. The predicted molar refractivity (Wildman–Crippen MR) is 70.3 cm³/mol. The van der Waals surface area contributed by atoms with Gasteiger partial charge in [0, 0.05) is 0 Å². The molecule has 0 aliphatic rings. The number of carbonyl (C=O) groups is 1. The number of benzene rings is 2. The van der Waals surface area contributed by atoms with Gasteiger partial charge in [-0.15, -0.1) is 0 Å². The summed E-state index contributed by atoms with van der Waals surface area (Å²) < 4.78 is 10.6. The fraction of sp³-hybridized carbons (Fsp3) is 0.133. The average Bonchev–Trinajstić information content (AvgIpc) is 2.42. The first-order chi connectivity index (χ1) is 9.15. The maximum atomic E-state index is 11.8. The summed E-state index contributed by atoms with van der Waals surface area (Å²) in [6.07, 6.45) is -0.732. The Morgan fingerprint density at radius 2 is 1.63 bits per heavy atom. The number of phenols is 1. The fourth-order valence-electron chi connectivity index (χ4n) is 1.46. The van der Waals surface area contributed by atoms with Crippen molar-refractivity contribution in [3.05, 3.63) is 54.6 Å². The standard InChI is InChI=1S/C15H14O4/c1-11(18-14-9-7-12(16)8-10-14)15(17)19-13-5-3-2-4-6-13/h2-11,16H,1H3. The van der Waals surface area contributed by atoms with Gasteiger partial charge in [0.2, 0.25) is 0 Å². The number of hydrogen-bond donors (Lipinski definition) is 1. The van der Waals surface area contributed by atoms with Gasteiger partial charge in [-0.1, -0.05) is 18.2 Å². The van der Waals surface area contributed by atoms with Crippen molar-refractivity contribution in [1.82, 2.24) is 0 Å². The van der Waals surface area contributed by atoms with Crippen molar-refractivity contribution in [1.29, 1.82) is 0 Å². The first kappa shape index (κ1) is 13.0. The second-order valence-corrected chi connectivity index (χ2v) is 3.99. The maximum absolute atomic E-state index is 11.8. The van der Waals surface area contributed by atoms with Crippen molar-refractivity contribution in [3.63, 3.8) is 0 Å². The Labute approximate surface area is 111 Å². The lowest BCUT2D eigenvalue weighted by molar-refractivity contribution is -0.141. The van der Waals surface area contributed by atoms with Crippen LogP contribution in [0.3, 0.4) is 0 Å². The number of ether oxygens (including phenoxy) is 2. The van der Waals surface area contributed by atoms with E-state index in [0.29, 0.717) is 11.5 Å².